The smallest absolute Gasteiger partial charge is 0.0697 e. The molecule has 0 fully saturated rings. The van der Waals surface area contributed by atoms with Gasteiger partial charge in [-0.25, -0.2) is 0 Å². The first-order valence-electron chi connectivity index (χ1n) is 3.88. The van der Waals surface area contributed by atoms with Crippen molar-refractivity contribution in [1.82, 2.24) is 4.90 Å². The number of likely N-dealkylation sites (N-methyl/N-ethyl adjacent to an activating group) is 1. The van der Waals surface area contributed by atoms with Gasteiger partial charge in [-0.05, 0) is 20.5 Å². The summed E-state index contributed by atoms with van der Waals surface area (Å²) in [5, 5.41) is 0. The lowest BCUT2D eigenvalue weighted by Crippen LogP contribution is -2.27. The second-order valence-corrected chi connectivity index (χ2v) is 2.91. The van der Waals surface area contributed by atoms with E-state index >= 15 is 0 Å². The normalized spacial score (nSPS) is 14.1. The summed E-state index contributed by atoms with van der Waals surface area (Å²) in [6, 6.07) is 0. The lowest BCUT2D eigenvalue weighted by Gasteiger charge is -2.18. The molecule has 0 aliphatic carbocycles. The molecule has 62 valence electrons. The monoisotopic (exact) mass is 145 g/mol. The third kappa shape index (κ3) is 4.77. The van der Waals surface area contributed by atoms with Crippen molar-refractivity contribution in [2.45, 2.75) is 25.9 Å². The highest BCUT2D eigenvalue weighted by molar-refractivity contribution is 4.58. The molecule has 0 heterocycles. The molecule has 0 amide bonds. The third-order valence-corrected chi connectivity index (χ3v) is 1.51. The first-order chi connectivity index (χ1) is 4.70. The molecule has 0 aromatic heterocycles. The molecule has 0 spiro atoms. The van der Waals surface area contributed by atoms with Crippen LogP contribution in [-0.4, -0.2) is 38.8 Å². The quantitative estimate of drug-likeness (QED) is 0.579. The highest BCUT2D eigenvalue weighted by atomic mass is 16.5. The molecule has 10 heavy (non-hydrogen) atoms. The van der Waals surface area contributed by atoms with E-state index in [1.54, 1.807) is 7.11 Å². The Kier molecular flexibility index (Phi) is 5.64. The lowest BCUT2D eigenvalue weighted by atomic mass is 10.2. The fraction of sp³-hybridized carbons (Fsp3) is 1.00. The topological polar surface area (TPSA) is 12.5 Å². The van der Waals surface area contributed by atoms with Crippen molar-refractivity contribution in [3.05, 3.63) is 0 Å². The Hall–Kier alpha value is -0.0800. The summed E-state index contributed by atoms with van der Waals surface area (Å²) in [6.45, 7) is 3.21. The molecule has 0 saturated heterocycles. The van der Waals surface area contributed by atoms with Gasteiger partial charge in [0.05, 0.1) is 6.10 Å². The van der Waals surface area contributed by atoms with Crippen LogP contribution in [-0.2, 0) is 4.74 Å². The Bertz CT molecular complexity index is 73.7. The van der Waals surface area contributed by atoms with E-state index in [1.807, 2.05) is 0 Å². The summed E-state index contributed by atoms with van der Waals surface area (Å²) in [6.07, 6.45) is 2.78. The van der Waals surface area contributed by atoms with Crippen LogP contribution in [0.1, 0.15) is 19.8 Å². The van der Waals surface area contributed by atoms with Gasteiger partial charge in [-0.2, -0.15) is 0 Å². The number of rotatable bonds is 5. The van der Waals surface area contributed by atoms with Gasteiger partial charge in [0.2, 0.25) is 0 Å². The van der Waals surface area contributed by atoms with Gasteiger partial charge in [0, 0.05) is 13.7 Å². The van der Waals surface area contributed by atoms with Crippen LogP contribution in [0.4, 0.5) is 0 Å². The average Bonchev–Trinajstić information content (AvgIpc) is 1.86. The predicted octanol–water partition coefficient (Wildman–Crippen LogP) is 1.36. The fourth-order valence-corrected chi connectivity index (χ4v) is 1.01. The fourth-order valence-electron chi connectivity index (χ4n) is 1.01. The van der Waals surface area contributed by atoms with Gasteiger partial charge in [0.1, 0.15) is 0 Å². The maximum absolute atomic E-state index is 5.26. The van der Waals surface area contributed by atoms with Crippen molar-refractivity contribution in [3.63, 3.8) is 0 Å². The van der Waals surface area contributed by atoms with E-state index in [1.165, 1.54) is 6.42 Å². The Balaban J connectivity index is 3.39. The molecule has 0 N–H and O–H groups in total. The number of hydrogen-bond acceptors (Lipinski definition) is 2. The SMILES string of the molecule is CCCC(CN(C)C)OC. The molecule has 0 bridgehead atoms. The van der Waals surface area contributed by atoms with E-state index in [9.17, 15) is 0 Å². The standard InChI is InChI=1S/C8H19NO/c1-5-6-8(10-4)7-9(2)3/h8H,5-7H2,1-4H3. The minimum atomic E-state index is 0.417. The highest BCUT2D eigenvalue weighted by Gasteiger charge is 2.05. The number of methoxy groups -OCH3 is 1. The first kappa shape index (κ1) is 9.92. The molecule has 2 nitrogen and oxygen atoms in total. The Morgan fingerprint density at radius 3 is 2.30 bits per heavy atom. The van der Waals surface area contributed by atoms with Crippen molar-refractivity contribution < 1.29 is 4.74 Å². The maximum Gasteiger partial charge on any atom is 0.0697 e. The van der Waals surface area contributed by atoms with Crippen molar-refractivity contribution in [2.24, 2.45) is 0 Å². The summed E-state index contributed by atoms with van der Waals surface area (Å²) < 4.78 is 5.26. The zero-order chi connectivity index (χ0) is 7.98. The van der Waals surface area contributed by atoms with E-state index in [0.29, 0.717) is 6.10 Å². The molecule has 1 unspecified atom stereocenters. The zero-order valence-corrected chi connectivity index (χ0v) is 7.55. The zero-order valence-electron chi connectivity index (χ0n) is 7.55. The molecule has 0 aromatic rings. The van der Waals surface area contributed by atoms with Gasteiger partial charge in [0.15, 0.2) is 0 Å². The lowest BCUT2D eigenvalue weighted by molar-refractivity contribution is 0.0713. The average molecular weight is 145 g/mol. The summed E-state index contributed by atoms with van der Waals surface area (Å²) in [5.41, 5.74) is 0. The molecular formula is C8H19NO. The van der Waals surface area contributed by atoms with E-state index in [2.05, 4.69) is 25.9 Å². The molecule has 0 rings (SSSR count). The molecule has 1 atom stereocenters. The van der Waals surface area contributed by atoms with Gasteiger partial charge in [-0.15, -0.1) is 0 Å². The Morgan fingerprint density at radius 1 is 1.40 bits per heavy atom. The van der Waals surface area contributed by atoms with Crippen LogP contribution in [0.2, 0.25) is 0 Å². The minimum absolute atomic E-state index is 0.417. The molecule has 0 aliphatic heterocycles. The molecule has 0 saturated carbocycles. The van der Waals surface area contributed by atoms with Crippen LogP contribution in [0.25, 0.3) is 0 Å². The maximum atomic E-state index is 5.26. The summed E-state index contributed by atoms with van der Waals surface area (Å²) in [4.78, 5) is 2.16. The van der Waals surface area contributed by atoms with Crippen LogP contribution < -0.4 is 0 Å². The van der Waals surface area contributed by atoms with Crippen LogP contribution in [0.5, 0.6) is 0 Å². The van der Waals surface area contributed by atoms with Crippen molar-refractivity contribution in [1.29, 1.82) is 0 Å². The largest absolute Gasteiger partial charge is 0.380 e. The van der Waals surface area contributed by atoms with Crippen LogP contribution >= 0.6 is 0 Å². The van der Waals surface area contributed by atoms with Crippen LogP contribution in [0, 0.1) is 0 Å². The van der Waals surface area contributed by atoms with Crippen molar-refractivity contribution in [2.75, 3.05) is 27.7 Å². The van der Waals surface area contributed by atoms with Gasteiger partial charge >= 0.3 is 0 Å². The molecule has 2 heteroatoms. The highest BCUT2D eigenvalue weighted by Crippen LogP contribution is 2.00. The Morgan fingerprint density at radius 2 is 2.00 bits per heavy atom. The van der Waals surface area contributed by atoms with Gasteiger partial charge < -0.3 is 9.64 Å². The molecule has 0 radical (unpaired) electrons. The second kappa shape index (κ2) is 5.69. The summed E-state index contributed by atoms with van der Waals surface area (Å²) in [5.74, 6) is 0. The van der Waals surface area contributed by atoms with Gasteiger partial charge in [-0.1, -0.05) is 13.3 Å². The van der Waals surface area contributed by atoms with Crippen molar-refractivity contribution >= 4 is 0 Å². The molecule has 0 aliphatic rings. The first-order valence-corrected chi connectivity index (χ1v) is 3.88. The van der Waals surface area contributed by atoms with E-state index in [4.69, 9.17) is 4.74 Å². The number of ether oxygens (including phenoxy) is 1. The van der Waals surface area contributed by atoms with Crippen LogP contribution in [0.3, 0.4) is 0 Å². The third-order valence-electron chi connectivity index (χ3n) is 1.51. The molecule has 0 aromatic carbocycles. The van der Waals surface area contributed by atoms with Gasteiger partial charge in [0.25, 0.3) is 0 Å². The van der Waals surface area contributed by atoms with E-state index in [0.717, 1.165) is 13.0 Å². The second-order valence-electron chi connectivity index (χ2n) is 2.91. The molecular weight excluding hydrogens is 126 g/mol. The predicted molar refractivity (Wildman–Crippen MR) is 44.3 cm³/mol. The van der Waals surface area contributed by atoms with Crippen LogP contribution in [0.15, 0.2) is 0 Å². The number of nitrogens with zero attached hydrogens (tertiary/aromatic N) is 1. The summed E-state index contributed by atoms with van der Waals surface area (Å²) >= 11 is 0. The Labute approximate surface area is 64.2 Å². The number of hydrogen-bond donors (Lipinski definition) is 0. The minimum Gasteiger partial charge on any atom is -0.380 e. The van der Waals surface area contributed by atoms with Crippen molar-refractivity contribution in [3.8, 4) is 0 Å². The summed E-state index contributed by atoms with van der Waals surface area (Å²) in [7, 11) is 5.92. The van der Waals surface area contributed by atoms with Gasteiger partial charge in [-0.3, -0.25) is 0 Å². The van der Waals surface area contributed by atoms with E-state index in [-0.39, 0.29) is 0 Å². The van der Waals surface area contributed by atoms with E-state index < -0.39 is 0 Å².